The molecule has 0 bridgehead atoms. The van der Waals surface area contributed by atoms with E-state index in [0.29, 0.717) is 23.1 Å². The Bertz CT molecular complexity index is 827. The SMILES string of the molecule is COc1ccc(C)cc1Nc1nc(C(=O)NCc2ccco2)cs1. The summed E-state index contributed by atoms with van der Waals surface area (Å²) in [5.41, 5.74) is 2.28. The summed E-state index contributed by atoms with van der Waals surface area (Å²) >= 11 is 1.36. The molecule has 0 atom stereocenters. The Hall–Kier alpha value is -2.80. The van der Waals surface area contributed by atoms with Crippen LogP contribution in [0.3, 0.4) is 0 Å². The fourth-order valence-corrected chi connectivity index (χ4v) is 2.84. The quantitative estimate of drug-likeness (QED) is 0.713. The van der Waals surface area contributed by atoms with Gasteiger partial charge in [0.1, 0.15) is 17.2 Å². The van der Waals surface area contributed by atoms with E-state index < -0.39 is 0 Å². The molecule has 7 heteroatoms. The van der Waals surface area contributed by atoms with Crippen LogP contribution in [-0.4, -0.2) is 18.0 Å². The van der Waals surface area contributed by atoms with Crippen LogP contribution in [-0.2, 0) is 6.54 Å². The van der Waals surface area contributed by atoms with Gasteiger partial charge in [0.15, 0.2) is 5.13 Å². The predicted octanol–water partition coefficient (Wildman–Crippen LogP) is 3.73. The molecule has 24 heavy (non-hydrogen) atoms. The van der Waals surface area contributed by atoms with Gasteiger partial charge in [0.05, 0.1) is 25.6 Å². The lowest BCUT2D eigenvalue weighted by Gasteiger charge is -2.09. The van der Waals surface area contributed by atoms with Gasteiger partial charge in [0, 0.05) is 5.38 Å². The number of aryl methyl sites for hydroxylation is 1. The number of benzene rings is 1. The first-order valence-corrected chi connectivity index (χ1v) is 8.21. The van der Waals surface area contributed by atoms with Gasteiger partial charge in [-0.25, -0.2) is 4.98 Å². The largest absolute Gasteiger partial charge is 0.495 e. The van der Waals surface area contributed by atoms with Crippen molar-refractivity contribution in [1.82, 2.24) is 10.3 Å². The third kappa shape index (κ3) is 3.75. The number of carbonyl (C=O) groups is 1. The van der Waals surface area contributed by atoms with Crippen molar-refractivity contribution in [3.05, 3.63) is 59.0 Å². The van der Waals surface area contributed by atoms with Crippen LogP contribution in [0.25, 0.3) is 0 Å². The van der Waals surface area contributed by atoms with Crippen LogP contribution in [0.4, 0.5) is 10.8 Å². The number of hydrogen-bond acceptors (Lipinski definition) is 6. The van der Waals surface area contributed by atoms with Gasteiger partial charge in [-0.05, 0) is 36.8 Å². The Kier molecular flexibility index (Phi) is 4.81. The van der Waals surface area contributed by atoms with Gasteiger partial charge >= 0.3 is 0 Å². The number of furan rings is 1. The fraction of sp³-hybridized carbons (Fsp3) is 0.176. The second-order valence-electron chi connectivity index (χ2n) is 5.13. The number of methoxy groups -OCH3 is 1. The molecule has 3 aromatic rings. The summed E-state index contributed by atoms with van der Waals surface area (Å²) in [5, 5.41) is 8.30. The molecule has 124 valence electrons. The van der Waals surface area contributed by atoms with Gasteiger partial charge in [-0.2, -0.15) is 0 Å². The minimum absolute atomic E-state index is 0.244. The van der Waals surface area contributed by atoms with Crippen molar-refractivity contribution in [3.8, 4) is 5.75 Å². The molecule has 0 aliphatic carbocycles. The van der Waals surface area contributed by atoms with Crippen molar-refractivity contribution in [3.63, 3.8) is 0 Å². The monoisotopic (exact) mass is 343 g/mol. The van der Waals surface area contributed by atoms with Gasteiger partial charge in [0.25, 0.3) is 5.91 Å². The number of hydrogen-bond donors (Lipinski definition) is 2. The first-order chi connectivity index (χ1) is 11.7. The number of ether oxygens (including phenoxy) is 1. The van der Waals surface area contributed by atoms with E-state index in [0.717, 1.165) is 17.0 Å². The number of aromatic nitrogens is 1. The second kappa shape index (κ2) is 7.18. The molecule has 2 aromatic heterocycles. The third-order valence-electron chi connectivity index (χ3n) is 3.34. The molecule has 0 saturated carbocycles. The normalized spacial score (nSPS) is 10.4. The molecule has 0 fully saturated rings. The van der Waals surface area contributed by atoms with Crippen LogP contribution >= 0.6 is 11.3 Å². The summed E-state index contributed by atoms with van der Waals surface area (Å²) in [7, 11) is 1.62. The van der Waals surface area contributed by atoms with Crippen LogP contribution in [0.2, 0.25) is 0 Å². The molecule has 0 saturated heterocycles. The smallest absolute Gasteiger partial charge is 0.271 e. The Morgan fingerprint density at radius 1 is 1.38 bits per heavy atom. The topological polar surface area (TPSA) is 76.4 Å². The summed E-state index contributed by atoms with van der Waals surface area (Å²) in [6.45, 7) is 2.33. The summed E-state index contributed by atoms with van der Waals surface area (Å²) in [6, 6.07) is 9.42. The average molecular weight is 343 g/mol. The van der Waals surface area contributed by atoms with Crippen molar-refractivity contribution in [2.75, 3.05) is 12.4 Å². The maximum Gasteiger partial charge on any atom is 0.271 e. The van der Waals surface area contributed by atoms with Crippen LogP contribution in [0.5, 0.6) is 5.75 Å². The molecular weight excluding hydrogens is 326 g/mol. The highest BCUT2D eigenvalue weighted by molar-refractivity contribution is 7.14. The summed E-state index contributed by atoms with van der Waals surface area (Å²) in [4.78, 5) is 16.4. The number of carbonyl (C=O) groups excluding carboxylic acids is 1. The molecule has 1 amide bonds. The summed E-state index contributed by atoms with van der Waals surface area (Å²) in [6.07, 6.45) is 1.57. The zero-order valence-corrected chi connectivity index (χ0v) is 14.1. The standard InChI is InChI=1S/C17H17N3O3S/c1-11-5-6-15(22-2)13(8-11)19-17-20-14(10-24-17)16(21)18-9-12-4-3-7-23-12/h3-8,10H,9H2,1-2H3,(H,18,21)(H,19,20). The third-order valence-corrected chi connectivity index (χ3v) is 4.09. The first-order valence-electron chi connectivity index (χ1n) is 7.33. The minimum atomic E-state index is -0.244. The molecule has 0 aliphatic rings. The number of anilines is 2. The Morgan fingerprint density at radius 2 is 2.25 bits per heavy atom. The van der Waals surface area contributed by atoms with Crippen LogP contribution in [0.15, 0.2) is 46.4 Å². The zero-order chi connectivity index (χ0) is 16.9. The number of amides is 1. The molecule has 2 heterocycles. The molecule has 6 nitrogen and oxygen atoms in total. The second-order valence-corrected chi connectivity index (χ2v) is 5.99. The van der Waals surface area contributed by atoms with E-state index in [-0.39, 0.29) is 5.91 Å². The number of nitrogens with zero attached hydrogens (tertiary/aromatic N) is 1. The fourth-order valence-electron chi connectivity index (χ4n) is 2.14. The predicted molar refractivity (Wildman–Crippen MR) is 93.0 cm³/mol. The molecule has 0 unspecified atom stereocenters. The van der Waals surface area contributed by atoms with Crippen molar-refractivity contribution in [2.24, 2.45) is 0 Å². The highest BCUT2D eigenvalue weighted by Gasteiger charge is 2.12. The lowest BCUT2D eigenvalue weighted by atomic mass is 10.2. The van der Waals surface area contributed by atoms with Crippen LogP contribution < -0.4 is 15.4 Å². The van der Waals surface area contributed by atoms with Gasteiger partial charge in [-0.1, -0.05) is 6.07 Å². The maximum absolute atomic E-state index is 12.1. The Balaban J connectivity index is 1.67. The van der Waals surface area contributed by atoms with Crippen molar-refractivity contribution >= 4 is 28.1 Å². The van der Waals surface area contributed by atoms with Crippen molar-refractivity contribution in [1.29, 1.82) is 0 Å². The first kappa shape index (κ1) is 16.1. The molecule has 0 aliphatic heterocycles. The number of rotatable bonds is 6. The van der Waals surface area contributed by atoms with Gasteiger partial charge in [0.2, 0.25) is 0 Å². The summed E-state index contributed by atoms with van der Waals surface area (Å²) in [5.74, 6) is 1.17. The lowest BCUT2D eigenvalue weighted by Crippen LogP contribution is -2.22. The van der Waals surface area contributed by atoms with E-state index >= 15 is 0 Å². The van der Waals surface area contributed by atoms with E-state index in [1.54, 1.807) is 30.9 Å². The Labute approximate surface area is 143 Å². The average Bonchev–Trinajstić information content (AvgIpc) is 3.24. The van der Waals surface area contributed by atoms with E-state index in [9.17, 15) is 4.79 Å². The van der Waals surface area contributed by atoms with Gasteiger partial charge in [-0.15, -0.1) is 11.3 Å². The van der Waals surface area contributed by atoms with Gasteiger partial charge < -0.3 is 19.8 Å². The van der Waals surface area contributed by atoms with Crippen LogP contribution in [0, 0.1) is 6.92 Å². The number of thiazole rings is 1. The van der Waals surface area contributed by atoms with E-state index in [4.69, 9.17) is 9.15 Å². The zero-order valence-electron chi connectivity index (χ0n) is 13.3. The summed E-state index contributed by atoms with van der Waals surface area (Å²) < 4.78 is 10.5. The molecule has 3 rings (SSSR count). The molecule has 0 spiro atoms. The van der Waals surface area contributed by atoms with Crippen molar-refractivity contribution < 1.29 is 13.9 Å². The molecule has 2 N–H and O–H groups in total. The van der Waals surface area contributed by atoms with Crippen molar-refractivity contribution in [2.45, 2.75) is 13.5 Å². The molecular formula is C17H17N3O3S. The Morgan fingerprint density at radius 3 is 3.00 bits per heavy atom. The molecule has 1 aromatic carbocycles. The highest BCUT2D eigenvalue weighted by Crippen LogP contribution is 2.29. The van der Waals surface area contributed by atoms with Gasteiger partial charge in [-0.3, -0.25) is 4.79 Å². The highest BCUT2D eigenvalue weighted by atomic mass is 32.1. The number of nitrogens with one attached hydrogen (secondary N) is 2. The lowest BCUT2D eigenvalue weighted by molar-refractivity contribution is 0.0944. The molecule has 0 radical (unpaired) electrons. The van der Waals surface area contributed by atoms with E-state index in [1.807, 2.05) is 25.1 Å². The maximum atomic E-state index is 12.1. The van der Waals surface area contributed by atoms with E-state index in [1.165, 1.54) is 11.3 Å². The van der Waals surface area contributed by atoms with Crippen LogP contribution in [0.1, 0.15) is 21.8 Å². The van der Waals surface area contributed by atoms with E-state index in [2.05, 4.69) is 15.6 Å². The minimum Gasteiger partial charge on any atom is -0.495 e.